The van der Waals surface area contributed by atoms with Gasteiger partial charge in [-0.25, -0.2) is 0 Å². The van der Waals surface area contributed by atoms with Gasteiger partial charge in [-0.3, -0.25) is 4.98 Å². The number of hydrogen-bond donors (Lipinski definition) is 0. The summed E-state index contributed by atoms with van der Waals surface area (Å²) in [7, 11) is 3.22. The van der Waals surface area contributed by atoms with E-state index in [9.17, 15) is 5.26 Å². The van der Waals surface area contributed by atoms with Gasteiger partial charge in [0.1, 0.15) is 23.1 Å². The minimum absolute atomic E-state index is 0.169. The van der Waals surface area contributed by atoms with Crippen LogP contribution < -0.4 is 9.47 Å². The van der Waals surface area contributed by atoms with Gasteiger partial charge in [0.2, 0.25) is 0 Å². The van der Waals surface area contributed by atoms with E-state index < -0.39 is 0 Å². The van der Waals surface area contributed by atoms with Gasteiger partial charge < -0.3 is 14.2 Å². The van der Waals surface area contributed by atoms with Crippen LogP contribution in [0.15, 0.2) is 23.2 Å². The Hall–Kier alpha value is -1.97. The largest absolute Gasteiger partial charge is 0.497 e. The molecule has 0 spiro atoms. The molecule has 2 heterocycles. The second-order valence-electron chi connectivity index (χ2n) is 5.36. The average Bonchev–Trinajstić information content (AvgIpc) is 2.99. The highest BCUT2D eigenvalue weighted by molar-refractivity contribution is 8.00. The minimum Gasteiger partial charge on any atom is -0.497 e. The molecule has 120 valence electrons. The van der Waals surface area contributed by atoms with Crippen LogP contribution in [0.3, 0.4) is 0 Å². The second-order valence-corrected chi connectivity index (χ2v) is 6.61. The molecule has 1 fully saturated rings. The molecule has 23 heavy (non-hydrogen) atoms. The van der Waals surface area contributed by atoms with Gasteiger partial charge in [-0.15, -0.1) is 11.8 Å². The molecule has 0 aliphatic carbocycles. The summed E-state index contributed by atoms with van der Waals surface area (Å²) >= 11 is 1.68. The molecule has 1 saturated heterocycles. The summed E-state index contributed by atoms with van der Waals surface area (Å²) in [5, 5.41) is 10.7. The Labute approximate surface area is 139 Å². The number of pyridine rings is 1. The van der Waals surface area contributed by atoms with Crippen molar-refractivity contribution in [3.05, 3.63) is 23.9 Å². The van der Waals surface area contributed by atoms with Crippen LogP contribution in [-0.4, -0.2) is 37.2 Å². The Balaban J connectivity index is 2.18. The van der Waals surface area contributed by atoms with Crippen LogP contribution in [0.4, 0.5) is 0 Å². The first-order valence-electron chi connectivity index (χ1n) is 7.41. The summed E-state index contributed by atoms with van der Waals surface area (Å²) in [6, 6.07) is 5.96. The van der Waals surface area contributed by atoms with Crippen molar-refractivity contribution in [2.75, 3.05) is 20.8 Å². The van der Waals surface area contributed by atoms with Crippen molar-refractivity contribution >= 4 is 22.7 Å². The van der Waals surface area contributed by atoms with Gasteiger partial charge >= 0.3 is 0 Å². The van der Waals surface area contributed by atoms with Gasteiger partial charge in [-0.1, -0.05) is 0 Å². The zero-order valence-electron chi connectivity index (χ0n) is 13.3. The third-order valence-corrected chi connectivity index (χ3v) is 5.61. The summed E-state index contributed by atoms with van der Waals surface area (Å²) in [4.78, 5) is 5.32. The van der Waals surface area contributed by atoms with Crippen molar-refractivity contribution in [2.24, 2.45) is 0 Å². The number of nitrogens with zero attached hydrogens (tertiary/aromatic N) is 2. The highest BCUT2D eigenvalue weighted by atomic mass is 32.2. The van der Waals surface area contributed by atoms with Gasteiger partial charge in [0, 0.05) is 34.4 Å². The number of ether oxygens (including phenoxy) is 3. The molecule has 0 amide bonds. The Kier molecular flexibility index (Phi) is 4.60. The van der Waals surface area contributed by atoms with Crippen LogP contribution in [0.1, 0.15) is 18.9 Å². The Morgan fingerprint density at radius 2 is 2.17 bits per heavy atom. The van der Waals surface area contributed by atoms with E-state index in [-0.39, 0.29) is 6.10 Å². The first kappa shape index (κ1) is 15.9. The maximum atomic E-state index is 9.47. The second kappa shape index (κ2) is 6.65. The van der Waals surface area contributed by atoms with E-state index in [1.54, 1.807) is 38.2 Å². The topological polar surface area (TPSA) is 64.4 Å². The number of hydrogen-bond acceptors (Lipinski definition) is 6. The fourth-order valence-corrected chi connectivity index (χ4v) is 4.01. The van der Waals surface area contributed by atoms with E-state index in [0.29, 0.717) is 22.3 Å². The van der Waals surface area contributed by atoms with E-state index in [4.69, 9.17) is 14.2 Å². The lowest BCUT2D eigenvalue weighted by Gasteiger charge is -2.17. The number of thioether (sulfide) groups is 1. The van der Waals surface area contributed by atoms with Crippen molar-refractivity contribution in [1.82, 2.24) is 4.98 Å². The lowest BCUT2D eigenvalue weighted by Crippen LogP contribution is -2.13. The van der Waals surface area contributed by atoms with E-state index in [2.05, 4.69) is 18.0 Å². The molecule has 0 bridgehead atoms. The molecule has 5 nitrogen and oxygen atoms in total. The minimum atomic E-state index is 0.169. The SMILES string of the molecule is COc1cc(OC)c2ncc(C#N)c(S[C@@H]3CCO[C@@H]3C)c2c1. The number of nitriles is 1. The highest BCUT2D eigenvalue weighted by Gasteiger charge is 2.27. The summed E-state index contributed by atoms with van der Waals surface area (Å²) in [6.45, 7) is 2.83. The maximum absolute atomic E-state index is 9.47. The van der Waals surface area contributed by atoms with E-state index in [1.165, 1.54) is 0 Å². The number of fused-ring (bicyclic) bond motifs is 1. The molecule has 0 saturated carbocycles. The van der Waals surface area contributed by atoms with E-state index in [0.717, 1.165) is 28.8 Å². The average molecular weight is 330 g/mol. The standard InChI is InChI=1S/C17H18N2O3S/c1-10-15(4-5-22-10)23-17-11(8-18)9-19-16-13(17)6-12(20-2)7-14(16)21-3/h6-7,9-10,15H,4-5H2,1-3H3/t10-,15-/m1/s1. The molecule has 1 aliphatic heterocycles. The molecular formula is C17H18N2O3S. The Bertz CT molecular complexity index is 773. The Morgan fingerprint density at radius 1 is 1.35 bits per heavy atom. The van der Waals surface area contributed by atoms with Gasteiger partial charge in [0.25, 0.3) is 0 Å². The Morgan fingerprint density at radius 3 is 2.78 bits per heavy atom. The van der Waals surface area contributed by atoms with Crippen molar-refractivity contribution < 1.29 is 14.2 Å². The zero-order chi connectivity index (χ0) is 16.4. The molecule has 1 aromatic carbocycles. The van der Waals surface area contributed by atoms with Crippen LogP contribution in [0, 0.1) is 11.3 Å². The molecule has 1 aromatic heterocycles. The third kappa shape index (κ3) is 2.94. The molecular weight excluding hydrogens is 312 g/mol. The van der Waals surface area contributed by atoms with Gasteiger partial charge in [-0.2, -0.15) is 5.26 Å². The van der Waals surface area contributed by atoms with Crippen LogP contribution in [0.25, 0.3) is 10.9 Å². The lowest BCUT2D eigenvalue weighted by atomic mass is 10.1. The van der Waals surface area contributed by atoms with Crippen LogP contribution in [0.2, 0.25) is 0 Å². The van der Waals surface area contributed by atoms with Gasteiger partial charge in [0.05, 0.1) is 25.9 Å². The summed E-state index contributed by atoms with van der Waals surface area (Å²) in [5.41, 5.74) is 1.30. The highest BCUT2D eigenvalue weighted by Crippen LogP contribution is 2.41. The van der Waals surface area contributed by atoms with E-state index >= 15 is 0 Å². The van der Waals surface area contributed by atoms with Crippen LogP contribution in [0.5, 0.6) is 11.5 Å². The number of benzene rings is 1. The molecule has 0 N–H and O–H groups in total. The number of aromatic nitrogens is 1. The van der Waals surface area contributed by atoms with Crippen LogP contribution >= 0.6 is 11.8 Å². The summed E-state index contributed by atoms with van der Waals surface area (Å²) < 4.78 is 16.4. The molecule has 0 unspecified atom stereocenters. The normalized spacial score (nSPS) is 20.4. The quantitative estimate of drug-likeness (QED) is 0.856. The van der Waals surface area contributed by atoms with Crippen LogP contribution in [-0.2, 0) is 4.74 Å². The fourth-order valence-electron chi connectivity index (χ4n) is 2.72. The predicted molar refractivity (Wildman–Crippen MR) is 89.2 cm³/mol. The molecule has 1 aliphatic rings. The summed E-state index contributed by atoms with van der Waals surface area (Å²) in [5.74, 6) is 1.32. The monoisotopic (exact) mass is 330 g/mol. The molecule has 2 aromatic rings. The molecule has 2 atom stereocenters. The lowest BCUT2D eigenvalue weighted by molar-refractivity contribution is 0.127. The fraction of sp³-hybridized carbons (Fsp3) is 0.412. The molecule has 3 rings (SSSR count). The van der Waals surface area contributed by atoms with Gasteiger partial charge in [-0.05, 0) is 19.4 Å². The zero-order valence-corrected chi connectivity index (χ0v) is 14.1. The van der Waals surface area contributed by atoms with Crippen molar-refractivity contribution in [2.45, 2.75) is 29.6 Å². The smallest absolute Gasteiger partial charge is 0.148 e. The number of methoxy groups -OCH3 is 2. The van der Waals surface area contributed by atoms with Crippen molar-refractivity contribution in [1.29, 1.82) is 5.26 Å². The maximum Gasteiger partial charge on any atom is 0.148 e. The van der Waals surface area contributed by atoms with Crippen molar-refractivity contribution in [3.8, 4) is 17.6 Å². The molecule has 6 heteroatoms. The predicted octanol–water partition coefficient (Wildman–Crippen LogP) is 3.39. The first-order valence-corrected chi connectivity index (χ1v) is 8.29. The molecule has 0 radical (unpaired) electrons. The number of rotatable bonds is 4. The van der Waals surface area contributed by atoms with E-state index in [1.807, 2.05) is 6.07 Å². The third-order valence-electron chi connectivity index (χ3n) is 4.01. The van der Waals surface area contributed by atoms with Crippen molar-refractivity contribution in [3.63, 3.8) is 0 Å². The summed E-state index contributed by atoms with van der Waals surface area (Å²) in [6.07, 6.45) is 2.75. The van der Waals surface area contributed by atoms with Gasteiger partial charge in [0.15, 0.2) is 0 Å². The first-order chi connectivity index (χ1) is 11.2.